The lowest BCUT2D eigenvalue weighted by molar-refractivity contribution is 0.0997. The van der Waals surface area contributed by atoms with E-state index in [2.05, 4.69) is 15.9 Å². The molecular formula is C9H10BrNO3S. The Balaban J connectivity index is 3.54. The lowest BCUT2D eigenvalue weighted by Crippen LogP contribution is -2.17. The highest BCUT2D eigenvalue weighted by Crippen LogP contribution is 2.24. The zero-order valence-electron chi connectivity index (χ0n) is 8.03. The zero-order chi connectivity index (χ0) is 11.6. The molecule has 82 valence electrons. The second kappa shape index (κ2) is 4.42. The highest BCUT2D eigenvalue weighted by Gasteiger charge is 2.19. The Morgan fingerprint density at radius 3 is 2.53 bits per heavy atom. The van der Waals surface area contributed by atoms with Gasteiger partial charge in [-0.1, -0.05) is 22.0 Å². The van der Waals surface area contributed by atoms with Gasteiger partial charge in [-0.2, -0.15) is 0 Å². The number of carbonyl (C=O) groups excluding carboxylic acids is 1. The molecule has 0 unspecified atom stereocenters. The minimum Gasteiger partial charge on any atom is -0.324 e. The van der Waals surface area contributed by atoms with Crippen molar-refractivity contribution in [2.24, 2.45) is 5.73 Å². The highest BCUT2D eigenvalue weighted by atomic mass is 79.9. The van der Waals surface area contributed by atoms with Gasteiger partial charge in [0.1, 0.15) is 0 Å². The number of carbonyl (C=O) groups is 1. The van der Waals surface area contributed by atoms with Gasteiger partial charge in [-0.3, -0.25) is 4.79 Å². The van der Waals surface area contributed by atoms with Gasteiger partial charge in [-0.25, -0.2) is 8.42 Å². The fourth-order valence-corrected chi connectivity index (χ4v) is 2.82. The smallest absolute Gasteiger partial charge is 0.178 e. The molecule has 1 rings (SSSR count). The van der Waals surface area contributed by atoms with Crippen molar-refractivity contribution in [1.82, 2.24) is 0 Å². The predicted molar refractivity (Wildman–Crippen MR) is 60.6 cm³/mol. The van der Waals surface area contributed by atoms with E-state index in [4.69, 9.17) is 5.73 Å². The number of sulfone groups is 1. The summed E-state index contributed by atoms with van der Waals surface area (Å²) in [5.74, 6) is -0.400. The molecule has 0 spiro atoms. The fourth-order valence-electron chi connectivity index (χ4n) is 1.19. The Morgan fingerprint density at radius 2 is 2.07 bits per heavy atom. The van der Waals surface area contributed by atoms with Crippen molar-refractivity contribution in [3.05, 3.63) is 28.2 Å². The van der Waals surface area contributed by atoms with E-state index >= 15 is 0 Å². The van der Waals surface area contributed by atoms with Crippen molar-refractivity contribution >= 4 is 31.6 Å². The van der Waals surface area contributed by atoms with Crippen LogP contribution in [-0.2, 0) is 9.84 Å². The lowest BCUT2D eigenvalue weighted by atomic mass is 10.1. The predicted octanol–water partition coefficient (Wildman–Crippen LogP) is 0.994. The molecule has 0 bridgehead atoms. The summed E-state index contributed by atoms with van der Waals surface area (Å²) in [5.41, 5.74) is 5.35. The number of benzene rings is 1. The van der Waals surface area contributed by atoms with E-state index in [-0.39, 0.29) is 17.0 Å². The second-order valence-corrected chi connectivity index (χ2v) is 5.85. The molecule has 1 aromatic carbocycles. The SMILES string of the molecule is CS(=O)(=O)c1cccc(Br)c1C(=O)CN. The summed E-state index contributed by atoms with van der Waals surface area (Å²) in [4.78, 5) is 11.5. The topological polar surface area (TPSA) is 77.2 Å². The fraction of sp³-hybridized carbons (Fsp3) is 0.222. The maximum absolute atomic E-state index is 11.5. The summed E-state index contributed by atoms with van der Waals surface area (Å²) in [6, 6.07) is 4.56. The lowest BCUT2D eigenvalue weighted by Gasteiger charge is -2.07. The van der Waals surface area contributed by atoms with Crippen LogP contribution in [0.1, 0.15) is 10.4 Å². The molecule has 0 radical (unpaired) electrons. The average molecular weight is 292 g/mol. The number of ketones is 1. The van der Waals surface area contributed by atoms with Crippen LogP contribution in [0.2, 0.25) is 0 Å². The van der Waals surface area contributed by atoms with E-state index < -0.39 is 15.6 Å². The third-order valence-corrected chi connectivity index (χ3v) is 3.64. The third-order valence-electron chi connectivity index (χ3n) is 1.84. The molecule has 0 aromatic heterocycles. The monoisotopic (exact) mass is 291 g/mol. The van der Waals surface area contributed by atoms with Crippen molar-refractivity contribution in [2.75, 3.05) is 12.8 Å². The summed E-state index contributed by atoms with van der Waals surface area (Å²) in [6.45, 7) is -0.217. The maximum Gasteiger partial charge on any atom is 0.178 e. The van der Waals surface area contributed by atoms with Crippen LogP contribution in [0.3, 0.4) is 0 Å². The molecule has 0 atom stereocenters. The minimum atomic E-state index is -3.42. The molecule has 15 heavy (non-hydrogen) atoms. The van der Waals surface area contributed by atoms with E-state index in [1.807, 2.05) is 0 Å². The van der Waals surface area contributed by atoms with Gasteiger partial charge in [0.2, 0.25) is 0 Å². The molecule has 0 aliphatic heterocycles. The molecule has 0 amide bonds. The molecule has 1 aromatic rings. The van der Waals surface area contributed by atoms with E-state index in [0.717, 1.165) is 6.26 Å². The van der Waals surface area contributed by atoms with Gasteiger partial charge in [0, 0.05) is 10.7 Å². The molecule has 0 aliphatic carbocycles. The van der Waals surface area contributed by atoms with Crippen LogP contribution < -0.4 is 5.73 Å². The van der Waals surface area contributed by atoms with Crippen LogP contribution in [0.15, 0.2) is 27.6 Å². The van der Waals surface area contributed by atoms with Gasteiger partial charge in [0.05, 0.1) is 17.0 Å². The van der Waals surface area contributed by atoms with Crippen LogP contribution >= 0.6 is 15.9 Å². The number of Topliss-reactive ketones (excluding diaryl/α,β-unsaturated/α-hetero) is 1. The Hall–Kier alpha value is -0.720. The van der Waals surface area contributed by atoms with Crippen LogP contribution in [0.4, 0.5) is 0 Å². The van der Waals surface area contributed by atoms with Gasteiger partial charge in [-0.05, 0) is 12.1 Å². The summed E-state index contributed by atoms with van der Waals surface area (Å²) < 4.78 is 23.3. The molecular weight excluding hydrogens is 282 g/mol. The van der Waals surface area contributed by atoms with Crippen LogP contribution in [0, 0.1) is 0 Å². The quantitative estimate of drug-likeness (QED) is 0.843. The van der Waals surface area contributed by atoms with Crippen LogP contribution in [-0.4, -0.2) is 27.0 Å². The first-order chi connectivity index (χ1) is 6.88. The zero-order valence-corrected chi connectivity index (χ0v) is 10.4. The molecule has 0 aliphatic rings. The molecule has 0 fully saturated rings. The first kappa shape index (κ1) is 12.4. The number of halogens is 1. The maximum atomic E-state index is 11.5. The van der Waals surface area contributed by atoms with Gasteiger partial charge >= 0.3 is 0 Å². The molecule has 0 heterocycles. The van der Waals surface area contributed by atoms with Gasteiger partial charge < -0.3 is 5.73 Å². The molecule has 2 N–H and O–H groups in total. The minimum absolute atomic E-state index is 0.00678. The normalized spacial score (nSPS) is 11.4. The standard InChI is InChI=1S/C9H10BrNO3S/c1-15(13,14)8-4-2-3-6(10)9(8)7(12)5-11/h2-4H,5,11H2,1H3. The van der Waals surface area contributed by atoms with Gasteiger partial charge in [0.15, 0.2) is 15.6 Å². The average Bonchev–Trinajstić information content (AvgIpc) is 2.15. The van der Waals surface area contributed by atoms with E-state index in [0.29, 0.717) is 4.47 Å². The molecule has 0 saturated heterocycles. The van der Waals surface area contributed by atoms with Crippen molar-refractivity contribution < 1.29 is 13.2 Å². The number of rotatable bonds is 3. The number of hydrogen-bond donors (Lipinski definition) is 1. The summed E-state index contributed by atoms with van der Waals surface area (Å²) in [5, 5.41) is 0. The second-order valence-electron chi connectivity index (χ2n) is 3.01. The Labute approximate surface area is 96.5 Å². The molecule has 6 heteroatoms. The van der Waals surface area contributed by atoms with E-state index in [9.17, 15) is 13.2 Å². The van der Waals surface area contributed by atoms with E-state index in [1.165, 1.54) is 6.07 Å². The summed E-state index contributed by atoms with van der Waals surface area (Å²) in [7, 11) is -3.42. The summed E-state index contributed by atoms with van der Waals surface area (Å²) in [6.07, 6.45) is 1.06. The highest BCUT2D eigenvalue weighted by molar-refractivity contribution is 9.10. The Bertz CT molecular complexity index is 496. The third kappa shape index (κ3) is 2.64. The van der Waals surface area contributed by atoms with Gasteiger partial charge in [0.25, 0.3) is 0 Å². The van der Waals surface area contributed by atoms with Crippen molar-refractivity contribution in [1.29, 1.82) is 0 Å². The Morgan fingerprint density at radius 1 is 1.47 bits per heavy atom. The van der Waals surface area contributed by atoms with Crippen molar-refractivity contribution in [2.45, 2.75) is 4.90 Å². The number of nitrogens with two attached hydrogens (primary N) is 1. The van der Waals surface area contributed by atoms with Gasteiger partial charge in [-0.15, -0.1) is 0 Å². The molecule has 4 nitrogen and oxygen atoms in total. The first-order valence-electron chi connectivity index (χ1n) is 4.09. The number of hydrogen-bond acceptors (Lipinski definition) is 4. The largest absolute Gasteiger partial charge is 0.324 e. The van der Waals surface area contributed by atoms with Crippen LogP contribution in [0.25, 0.3) is 0 Å². The van der Waals surface area contributed by atoms with E-state index in [1.54, 1.807) is 12.1 Å². The first-order valence-corrected chi connectivity index (χ1v) is 6.78. The molecule has 0 saturated carbocycles. The summed E-state index contributed by atoms with van der Waals surface area (Å²) >= 11 is 3.14. The van der Waals surface area contributed by atoms with Crippen LogP contribution in [0.5, 0.6) is 0 Å². The van der Waals surface area contributed by atoms with Crippen molar-refractivity contribution in [3.63, 3.8) is 0 Å². The Kier molecular flexibility index (Phi) is 3.64. The van der Waals surface area contributed by atoms with Crippen molar-refractivity contribution in [3.8, 4) is 0 Å².